The van der Waals surface area contributed by atoms with Gasteiger partial charge in [0.25, 0.3) is 0 Å². The third-order valence-corrected chi connectivity index (χ3v) is 2.60. The second-order valence-corrected chi connectivity index (χ2v) is 3.64. The van der Waals surface area contributed by atoms with Gasteiger partial charge in [0.1, 0.15) is 0 Å². The second-order valence-electron chi connectivity index (χ2n) is 3.64. The molecule has 0 aromatic rings. The van der Waals surface area contributed by atoms with Crippen molar-refractivity contribution in [2.75, 3.05) is 19.7 Å². The van der Waals surface area contributed by atoms with Crippen LogP contribution < -0.4 is 0 Å². The van der Waals surface area contributed by atoms with Gasteiger partial charge in [0.2, 0.25) is 0 Å². The highest BCUT2D eigenvalue weighted by Gasteiger charge is 2.19. The average Bonchev–Trinajstić information content (AvgIpc) is 2.54. The van der Waals surface area contributed by atoms with E-state index in [0.717, 1.165) is 25.1 Å². The van der Waals surface area contributed by atoms with Gasteiger partial charge >= 0.3 is 5.97 Å². The van der Waals surface area contributed by atoms with Crippen LogP contribution in [0.1, 0.15) is 25.7 Å². The molecule has 0 aliphatic carbocycles. The van der Waals surface area contributed by atoms with Crippen LogP contribution in [0.15, 0.2) is 11.8 Å². The molecule has 13 heavy (non-hydrogen) atoms. The molecule has 0 aromatic heterocycles. The highest BCUT2D eigenvalue weighted by Crippen LogP contribution is 2.16. The van der Waals surface area contributed by atoms with Crippen molar-refractivity contribution in [3.05, 3.63) is 11.8 Å². The molecular formula is C10H15NO2. The number of esters is 1. The van der Waals surface area contributed by atoms with Gasteiger partial charge in [0.05, 0.1) is 12.2 Å². The molecule has 2 fully saturated rings. The van der Waals surface area contributed by atoms with Crippen LogP contribution in [0.2, 0.25) is 0 Å². The van der Waals surface area contributed by atoms with Gasteiger partial charge < -0.3 is 9.64 Å². The van der Waals surface area contributed by atoms with Crippen LogP contribution in [0.25, 0.3) is 0 Å². The summed E-state index contributed by atoms with van der Waals surface area (Å²) in [5, 5.41) is 0. The van der Waals surface area contributed by atoms with Crippen molar-refractivity contribution < 1.29 is 9.53 Å². The molecule has 2 saturated heterocycles. The third kappa shape index (κ3) is 2.02. The smallest absolute Gasteiger partial charge is 0.335 e. The van der Waals surface area contributed by atoms with E-state index in [1.807, 2.05) is 6.20 Å². The molecule has 3 nitrogen and oxygen atoms in total. The van der Waals surface area contributed by atoms with Gasteiger partial charge in [-0.1, -0.05) is 0 Å². The van der Waals surface area contributed by atoms with E-state index in [1.54, 1.807) is 0 Å². The Kier molecular flexibility index (Phi) is 2.52. The van der Waals surface area contributed by atoms with Crippen LogP contribution in [0.4, 0.5) is 0 Å². The molecule has 0 N–H and O–H groups in total. The molecule has 0 spiro atoms. The molecule has 0 atom stereocenters. The second kappa shape index (κ2) is 3.81. The van der Waals surface area contributed by atoms with E-state index in [4.69, 9.17) is 4.74 Å². The normalized spacial score (nSPS) is 26.6. The number of nitrogens with zero attached hydrogens (tertiary/aromatic N) is 1. The fourth-order valence-electron chi connectivity index (χ4n) is 1.83. The number of rotatable bonds is 1. The van der Waals surface area contributed by atoms with Gasteiger partial charge in [-0.25, -0.2) is 4.79 Å². The van der Waals surface area contributed by atoms with Crippen LogP contribution in [-0.2, 0) is 9.53 Å². The molecule has 0 saturated carbocycles. The first-order valence-corrected chi connectivity index (χ1v) is 4.98. The molecule has 3 heteroatoms. The van der Waals surface area contributed by atoms with Gasteiger partial charge in [-0.05, 0) is 19.3 Å². The molecule has 2 rings (SSSR count). The summed E-state index contributed by atoms with van der Waals surface area (Å²) in [6.07, 6.45) is 6.60. The summed E-state index contributed by atoms with van der Waals surface area (Å²) >= 11 is 0. The first kappa shape index (κ1) is 8.60. The lowest BCUT2D eigenvalue weighted by Crippen LogP contribution is -2.25. The highest BCUT2D eigenvalue weighted by molar-refractivity contribution is 5.90. The number of carbonyl (C=O) groups is 1. The SMILES string of the molecule is O=C1OCC/C1=C/N1CCCCC1. The molecule has 0 bridgehead atoms. The molecule has 2 heterocycles. The van der Waals surface area contributed by atoms with Crippen molar-refractivity contribution in [1.29, 1.82) is 0 Å². The fourth-order valence-corrected chi connectivity index (χ4v) is 1.83. The number of cyclic esters (lactones) is 1. The molecule has 2 aliphatic heterocycles. The van der Waals surface area contributed by atoms with Crippen molar-refractivity contribution in [3.8, 4) is 0 Å². The largest absolute Gasteiger partial charge is 0.462 e. The zero-order valence-electron chi connectivity index (χ0n) is 7.79. The maximum absolute atomic E-state index is 11.1. The Labute approximate surface area is 78.4 Å². The Morgan fingerprint density at radius 3 is 2.62 bits per heavy atom. The van der Waals surface area contributed by atoms with E-state index in [-0.39, 0.29) is 5.97 Å². The number of likely N-dealkylation sites (tertiary alicyclic amines) is 1. The lowest BCUT2D eigenvalue weighted by atomic mass is 10.1. The highest BCUT2D eigenvalue weighted by atomic mass is 16.5. The van der Waals surface area contributed by atoms with E-state index in [1.165, 1.54) is 19.3 Å². The van der Waals surface area contributed by atoms with Crippen molar-refractivity contribution in [3.63, 3.8) is 0 Å². The van der Waals surface area contributed by atoms with Crippen molar-refractivity contribution in [1.82, 2.24) is 4.90 Å². The Morgan fingerprint density at radius 1 is 1.23 bits per heavy atom. The third-order valence-electron chi connectivity index (χ3n) is 2.60. The van der Waals surface area contributed by atoms with Crippen LogP contribution in [0, 0.1) is 0 Å². The zero-order chi connectivity index (χ0) is 9.10. The fraction of sp³-hybridized carbons (Fsp3) is 0.700. The number of ether oxygens (including phenoxy) is 1. The first-order valence-electron chi connectivity index (χ1n) is 4.98. The van der Waals surface area contributed by atoms with Crippen molar-refractivity contribution in [2.45, 2.75) is 25.7 Å². The van der Waals surface area contributed by atoms with Crippen LogP contribution in [0.3, 0.4) is 0 Å². The molecule has 0 amide bonds. The van der Waals surface area contributed by atoms with Gasteiger partial charge in [0.15, 0.2) is 0 Å². The van der Waals surface area contributed by atoms with Gasteiger partial charge in [-0.3, -0.25) is 0 Å². The lowest BCUT2D eigenvalue weighted by Gasteiger charge is -2.25. The maximum Gasteiger partial charge on any atom is 0.335 e. The Bertz CT molecular complexity index is 229. The Hall–Kier alpha value is -0.990. The maximum atomic E-state index is 11.1. The summed E-state index contributed by atoms with van der Waals surface area (Å²) in [4.78, 5) is 13.4. The summed E-state index contributed by atoms with van der Waals surface area (Å²) in [6, 6.07) is 0. The summed E-state index contributed by atoms with van der Waals surface area (Å²) < 4.78 is 4.87. The van der Waals surface area contributed by atoms with Gasteiger partial charge in [0, 0.05) is 25.7 Å². The molecule has 0 aromatic carbocycles. The summed E-state index contributed by atoms with van der Waals surface area (Å²) in [6.45, 7) is 2.76. The van der Waals surface area contributed by atoms with E-state index in [0.29, 0.717) is 6.61 Å². The van der Waals surface area contributed by atoms with Crippen molar-refractivity contribution >= 4 is 5.97 Å². The number of carbonyl (C=O) groups excluding carboxylic acids is 1. The number of piperidine rings is 1. The topological polar surface area (TPSA) is 29.5 Å². The standard InChI is InChI=1S/C10H15NO2/c12-10-9(4-7-13-10)8-11-5-2-1-3-6-11/h8H,1-7H2/b9-8-. The van der Waals surface area contributed by atoms with Crippen LogP contribution >= 0.6 is 0 Å². The number of hydrogen-bond donors (Lipinski definition) is 0. The predicted octanol–water partition coefficient (Wildman–Crippen LogP) is 1.30. The minimum atomic E-state index is -0.120. The van der Waals surface area contributed by atoms with Gasteiger partial charge in [-0.2, -0.15) is 0 Å². The first-order chi connectivity index (χ1) is 6.36. The summed E-state index contributed by atoms with van der Waals surface area (Å²) in [7, 11) is 0. The van der Waals surface area contributed by atoms with Crippen LogP contribution in [-0.4, -0.2) is 30.6 Å². The number of hydrogen-bond acceptors (Lipinski definition) is 3. The van der Waals surface area contributed by atoms with E-state index in [2.05, 4.69) is 4.90 Å². The van der Waals surface area contributed by atoms with Gasteiger partial charge in [-0.15, -0.1) is 0 Å². The van der Waals surface area contributed by atoms with E-state index in [9.17, 15) is 4.79 Å². The Morgan fingerprint density at radius 2 is 2.00 bits per heavy atom. The van der Waals surface area contributed by atoms with E-state index < -0.39 is 0 Å². The molecule has 2 aliphatic rings. The average molecular weight is 181 g/mol. The molecule has 0 radical (unpaired) electrons. The molecule has 0 unspecified atom stereocenters. The monoisotopic (exact) mass is 181 g/mol. The van der Waals surface area contributed by atoms with Crippen LogP contribution in [0.5, 0.6) is 0 Å². The molecular weight excluding hydrogens is 166 g/mol. The summed E-state index contributed by atoms with van der Waals surface area (Å²) in [5.74, 6) is -0.120. The minimum Gasteiger partial charge on any atom is -0.462 e. The predicted molar refractivity (Wildman–Crippen MR) is 49.1 cm³/mol. The quantitative estimate of drug-likeness (QED) is 0.451. The zero-order valence-corrected chi connectivity index (χ0v) is 7.79. The molecule has 72 valence electrons. The minimum absolute atomic E-state index is 0.120. The van der Waals surface area contributed by atoms with Crippen molar-refractivity contribution in [2.24, 2.45) is 0 Å². The lowest BCUT2D eigenvalue weighted by molar-refractivity contribution is -0.135. The summed E-state index contributed by atoms with van der Waals surface area (Å²) in [5.41, 5.74) is 0.849. The Balaban J connectivity index is 1.96. The van der Waals surface area contributed by atoms with E-state index >= 15 is 0 Å².